The van der Waals surface area contributed by atoms with Gasteiger partial charge in [-0.15, -0.1) is 0 Å². The molecule has 2 aromatic carbocycles. The van der Waals surface area contributed by atoms with Gasteiger partial charge in [0.15, 0.2) is 0 Å². The molecule has 7 heteroatoms. The summed E-state index contributed by atoms with van der Waals surface area (Å²) in [5.74, 6) is -1.72. The zero-order valence-electron chi connectivity index (χ0n) is 16.2. The summed E-state index contributed by atoms with van der Waals surface area (Å²) in [6.45, 7) is 2.40. The van der Waals surface area contributed by atoms with E-state index in [0.29, 0.717) is 35.9 Å². The highest BCUT2D eigenvalue weighted by molar-refractivity contribution is 6.25. The molecule has 0 saturated carbocycles. The van der Waals surface area contributed by atoms with Crippen LogP contribution in [0.3, 0.4) is 0 Å². The second kappa shape index (κ2) is 6.99. The first-order valence-electron chi connectivity index (χ1n) is 9.71. The Morgan fingerprint density at radius 2 is 1.69 bits per heavy atom. The summed E-state index contributed by atoms with van der Waals surface area (Å²) >= 11 is 0. The molecule has 2 aliphatic heterocycles. The Hall–Kier alpha value is -3.22. The summed E-state index contributed by atoms with van der Waals surface area (Å²) in [7, 11) is 0. The van der Waals surface area contributed by atoms with Gasteiger partial charge in [-0.25, -0.2) is 0 Å². The molecule has 0 aromatic heterocycles. The molecule has 2 aliphatic rings. The average molecular weight is 394 g/mol. The molecular formula is C22H22N2O5. The normalized spacial score (nSPS) is 21.1. The number of benzene rings is 2. The number of hydrogen-bond donors (Lipinski definition) is 1. The minimum absolute atomic E-state index is 0.144. The van der Waals surface area contributed by atoms with Gasteiger partial charge in [-0.2, -0.15) is 0 Å². The molecule has 3 amide bonds. The topological polar surface area (TPSA) is 95.0 Å². The van der Waals surface area contributed by atoms with E-state index in [1.165, 1.54) is 4.90 Å². The van der Waals surface area contributed by atoms with Crippen LogP contribution in [0.4, 0.5) is 0 Å². The molecule has 0 bridgehead atoms. The smallest absolute Gasteiger partial charge is 0.311 e. The fourth-order valence-electron chi connectivity index (χ4n) is 4.18. The van der Waals surface area contributed by atoms with E-state index in [0.717, 1.165) is 5.39 Å². The Morgan fingerprint density at radius 1 is 1.07 bits per heavy atom. The van der Waals surface area contributed by atoms with Crippen molar-refractivity contribution in [3.8, 4) is 0 Å². The summed E-state index contributed by atoms with van der Waals surface area (Å²) in [5, 5.41) is 10.8. The van der Waals surface area contributed by atoms with Crippen LogP contribution in [-0.2, 0) is 9.59 Å². The van der Waals surface area contributed by atoms with E-state index < -0.39 is 11.4 Å². The largest absolute Gasteiger partial charge is 0.481 e. The van der Waals surface area contributed by atoms with E-state index in [-0.39, 0.29) is 37.2 Å². The predicted molar refractivity (Wildman–Crippen MR) is 105 cm³/mol. The third kappa shape index (κ3) is 3.16. The lowest BCUT2D eigenvalue weighted by Gasteiger charge is -2.27. The lowest BCUT2D eigenvalue weighted by molar-refractivity contribution is -0.147. The van der Waals surface area contributed by atoms with E-state index in [9.17, 15) is 24.3 Å². The molecular weight excluding hydrogens is 372 g/mol. The van der Waals surface area contributed by atoms with Gasteiger partial charge in [-0.1, -0.05) is 24.3 Å². The van der Waals surface area contributed by atoms with Gasteiger partial charge in [-0.05, 0) is 37.3 Å². The van der Waals surface area contributed by atoms with Crippen molar-refractivity contribution >= 4 is 34.5 Å². The van der Waals surface area contributed by atoms with Crippen molar-refractivity contribution in [2.75, 3.05) is 19.6 Å². The first-order valence-corrected chi connectivity index (χ1v) is 9.71. The Balaban J connectivity index is 1.42. The van der Waals surface area contributed by atoms with Crippen molar-refractivity contribution in [1.82, 2.24) is 9.80 Å². The van der Waals surface area contributed by atoms with Crippen LogP contribution < -0.4 is 0 Å². The van der Waals surface area contributed by atoms with Gasteiger partial charge in [0.1, 0.15) is 0 Å². The zero-order chi connectivity index (χ0) is 20.8. The summed E-state index contributed by atoms with van der Waals surface area (Å²) in [5.41, 5.74) is 0.0956. The number of nitrogens with zero attached hydrogens (tertiary/aromatic N) is 2. The van der Waals surface area contributed by atoms with E-state index >= 15 is 0 Å². The van der Waals surface area contributed by atoms with Gasteiger partial charge < -0.3 is 10.0 Å². The SMILES string of the molecule is CC1(C(=O)O)CCN(C(=O)CCCN2C(=O)c3cccc4cccc(c34)C2=O)C1. The number of carboxylic acid groups (broad SMARTS) is 1. The van der Waals surface area contributed by atoms with Crippen LogP contribution in [-0.4, -0.2) is 58.2 Å². The van der Waals surface area contributed by atoms with Crippen molar-refractivity contribution in [3.63, 3.8) is 0 Å². The monoisotopic (exact) mass is 394 g/mol. The third-order valence-corrected chi connectivity index (χ3v) is 5.97. The molecule has 7 nitrogen and oxygen atoms in total. The zero-order valence-corrected chi connectivity index (χ0v) is 16.2. The molecule has 2 heterocycles. The molecule has 150 valence electrons. The number of amides is 3. The number of hydrogen-bond acceptors (Lipinski definition) is 4. The van der Waals surface area contributed by atoms with Crippen LogP contribution in [0, 0.1) is 5.41 Å². The maximum atomic E-state index is 12.9. The lowest BCUT2D eigenvalue weighted by Crippen LogP contribution is -2.41. The van der Waals surface area contributed by atoms with Crippen molar-refractivity contribution in [2.24, 2.45) is 5.41 Å². The lowest BCUT2D eigenvalue weighted by atomic mass is 9.90. The Morgan fingerprint density at radius 3 is 2.24 bits per heavy atom. The second-order valence-electron chi connectivity index (χ2n) is 8.01. The molecule has 0 radical (unpaired) electrons. The summed E-state index contributed by atoms with van der Waals surface area (Å²) in [6, 6.07) is 10.8. The summed E-state index contributed by atoms with van der Waals surface area (Å²) in [4.78, 5) is 52.3. The van der Waals surface area contributed by atoms with Crippen molar-refractivity contribution in [1.29, 1.82) is 0 Å². The number of carbonyl (C=O) groups is 4. The molecule has 1 unspecified atom stereocenters. The number of carboxylic acids is 1. The molecule has 29 heavy (non-hydrogen) atoms. The third-order valence-electron chi connectivity index (χ3n) is 5.97. The number of rotatable bonds is 5. The minimum Gasteiger partial charge on any atom is -0.481 e. The predicted octanol–water partition coefficient (Wildman–Crippen LogP) is 2.54. The van der Waals surface area contributed by atoms with E-state index in [4.69, 9.17) is 0 Å². The number of carbonyl (C=O) groups excluding carboxylic acids is 3. The average Bonchev–Trinajstić information content (AvgIpc) is 3.12. The van der Waals surface area contributed by atoms with E-state index in [1.807, 2.05) is 12.1 Å². The highest BCUT2D eigenvalue weighted by Crippen LogP contribution is 2.31. The second-order valence-corrected chi connectivity index (χ2v) is 8.01. The summed E-state index contributed by atoms with van der Waals surface area (Å²) in [6.07, 6.45) is 0.936. The summed E-state index contributed by atoms with van der Waals surface area (Å²) < 4.78 is 0. The van der Waals surface area contributed by atoms with Gasteiger partial charge in [0.25, 0.3) is 11.8 Å². The van der Waals surface area contributed by atoms with Gasteiger partial charge >= 0.3 is 5.97 Å². The minimum atomic E-state index is -0.906. The standard InChI is InChI=1S/C22H22N2O5/c1-22(21(28)29)10-12-23(13-22)17(25)9-4-11-24-19(26)15-7-2-5-14-6-3-8-16(18(14)15)20(24)27/h2-3,5-8H,4,9-13H2,1H3,(H,28,29). The Bertz CT molecular complexity index is 996. The highest BCUT2D eigenvalue weighted by atomic mass is 16.4. The fraction of sp³-hybridized carbons (Fsp3) is 0.364. The van der Waals surface area contributed by atoms with Crippen LogP contribution in [0.5, 0.6) is 0 Å². The Kier molecular flexibility index (Phi) is 4.61. The molecule has 2 aromatic rings. The van der Waals surface area contributed by atoms with Crippen LogP contribution in [0.1, 0.15) is 46.9 Å². The maximum absolute atomic E-state index is 12.9. The van der Waals surface area contributed by atoms with Crippen LogP contribution in [0.15, 0.2) is 36.4 Å². The maximum Gasteiger partial charge on any atom is 0.311 e. The molecule has 1 atom stereocenters. The number of aliphatic carboxylic acids is 1. The van der Waals surface area contributed by atoms with Crippen LogP contribution in [0.2, 0.25) is 0 Å². The van der Waals surface area contributed by atoms with Gasteiger partial charge in [0.2, 0.25) is 5.91 Å². The molecule has 0 spiro atoms. The molecule has 1 N–H and O–H groups in total. The molecule has 1 saturated heterocycles. The Labute approximate surface area is 167 Å². The van der Waals surface area contributed by atoms with Crippen molar-refractivity contribution < 1.29 is 24.3 Å². The molecule has 4 rings (SSSR count). The van der Waals surface area contributed by atoms with Crippen LogP contribution >= 0.6 is 0 Å². The van der Waals surface area contributed by atoms with Gasteiger partial charge in [0.05, 0.1) is 5.41 Å². The van der Waals surface area contributed by atoms with Gasteiger partial charge in [-0.3, -0.25) is 24.1 Å². The van der Waals surface area contributed by atoms with E-state index in [2.05, 4.69) is 0 Å². The molecule has 0 aliphatic carbocycles. The highest BCUT2D eigenvalue weighted by Gasteiger charge is 2.42. The fourth-order valence-corrected chi connectivity index (χ4v) is 4.18. The first kappa shape index (κ1) is 19.1. The first-order chi connectivity index (χ1) is 13.8. The number of likely N-dealkylation sites (tertiary alicyclic amines) is 1. The quantitative estimate of drug-likeness (QED) is 0.787. The molecule has 1 fully saturated rings. The van der Waals surface area contributed by atoms with Gasteiger partial charge in [0, 0.05) is 42.6 Å². The van der Waals surface area contributed by atoms with Crippen molar-refractivity contribution in [3.05, 3.63) is 47.5 Å². The number of imide groups is 1. The van der Waals surface area contributed by atoms with E-state index in [1.54, 1.807) is 36.1 Å². The van der Waals surface area contributed by atoms with Crippen LogP contribution in [0.25, 0.3) is 10.8 Å². The van der Waals surface area contributed by atoms with Crippen molar-refractivity contribution in [2.45, 2.75) is 26.2 Å².